The molecular weight excluding hydrogens is 274 g/mol. The van der Waals surface area contributed by atoms with E-state index in [0.717, 1.165) is 6.07 Å². The number of carbonyl (C=O) groups excluding carboxylic acids is 1. The summed E-state index contributed by atoms with van der Waals surface area (Å²) in [6, 6.07) is 5.07. The maximum Gasteiger partial charge on any atom is 3.00 e. The second kappa shape index (κ2) is 4.78. The molecule has 4 heteroatoms. The molecule has 0 radical (unpaired) electrons. The zero-order valence-electron chi connectivity index (χ0n) is 5.67. The second-order valence-corrected chi connectivity index (χ2v) is 1.84. The maximum absolute atomic E-state index is 12.3. The smallest absolute Gasteiger partial charge is 0.664 e. The molecule has 0 bridgehead atoms. The summed E-state index contributed by atoms with van der Waals surface area (Å²) in [6.45, 7) is 0. The summed E-state index contributed by atoms with van der Waals surface area (Å²) in [7, 11) is 0. The average molecular weight is 279 g/mol. The van der Waals surface area contributed by atoms with Gasteiger partial charge in [0.25, 0.3) is 0 Å². The van der Waals surface area contributed by atoms with Crippen molar-refractivity contribution in [2.24, 2.45) is 0 Å². The van der Waals surface area contributed by atoms with Crippen LogP contribution in [0.4, 0.5) is 4.39 Å². The minimum Gasteiger partial charge on any atom is -0.664 e. The first kappa shape index (κ1) is 11.0. The van der Waals surface area contributed by atoms with Crippen molar-refractivity contribution in [3.05, 3.63) is 41.4 Å². The fourth-order valence-electron chi connectivity index (χ4n) is 0.630. The van der Waals surface area contributed by atoms with Crippen molar-refractivity contribution < 1.29 is 50.5 Å². The van der Waals surface area contributed by atoms with Gasteiger partial charge in [-0.2, -0.15) is 0 Å². The summed E-state index contributed by atoms with van der Waals surface area (Å²) in [6.07, 6.45) is 0. The first-order valence-corrected chi connectivity index (χ1v) is 2.71. The molecule has 1 aromatic carbocycles. The number of carbonyl (C=O) groups is 1. The monoisotopic (exact) mass is 279 g/mol. The average Bonchev–Trinajstić information content (AvgIpc) is 1.88. The summed E-state index contributed by atoms with van der Waals surface area (Å²) in [5.41, 5.74) is 6.69. The fraction of sp³-hybridized carbons (Fsp3) is 0. The van der Waals surface area contributed by atoms with Gasteiger partial charge in [-0.25, -0.2) is 4.39 Å². The predicted molar refractivity (Wildman–Crippen MR) is 35.1 cm³/mol. The Labute approximate surface area is 96.9 Å². The van der Waals surface area contributed by atoms with Gasteiger partial charge in [0.15, 0.2) is 0 Å². The van der Waals surface area contributed by atoms with E-state index < -0.39 is 11.7 Å². The zero-order valence-corrected chi connectivity index (χ0v) is 9.38. The normalized spacial score (nSPS) is 8.45. The van der Waals surface area contributed by atoms with Gasteiger partial charge in [-0.05, 0) is 12.1 Å². The molecule has 0 heterocycles. The van der Waals surface area contributed by atoms with Crippen LogP contribution in [0.15, 0.2) is 24.3 Å². The number of nitrogens with one attached hydrogen (secondary N) is 1. The van der Waals surface area contributed by atoms with Crippen molar-refractivity contribution in [1.29, 1.82) is 0 Å². The summed E-state index contributed by atoms with van der Waals surface area (Å²) < 4.78 is 12.3. The molecule has 0 saturated carbocycles. The van der Waals surface area contributed by atoms with Gasteiger partial charge in [-0.3, -0.25) is 0 Å². The van der Waals surface area contributed by atoms with Crippen LogP contribution in [0.5, 0.6) is 0 Å². The van der Waals surface area contributed by atoms with E-state index in [2.05, 4.69) is 0 Å². The van der Waals surface area contributed by atoms with Crippen LogP contribution in [0.25, 0.3) is 5.73 Å². The topological polar surface area (TPSA) is 40.9 Å². The third-order valence-electron chi connectivity index (χ3n) is 1.09. The number of halogens is 1. The molecule has 0 atom stereocenters. The number of hydrogen-bond acceptors (Lipinski definition) is 1. The molecule has 1 amide bonds. The van der Waals surface area contributed by atoms with Crippen LogP contribution in [0, 0.1) is 47.1 Å². The van der Waals surface area contributed by atoms with Crippen LogP contribution in [0.2, 0.25) is 0 Å². The molecule has 1 N–H and O–H groups in total. The molecule has 52 valence electrons. The van der Waals surface area contributed by atoms with Crippen molar-refractivity contribution in [2.45, 2.75) is 0 Å². The van der Waals surface area contributed by atoms with Crippen molar-refractivity contribution in [3.63, 3.8) is 0 Å². The molecule has 11 heavy (non-hydrogen) atoms. The van der Waals surface area contributed by atoms with Gasteiger partial charge in [0.05, 0.1) is 5.91 Å². The minimum absolute atomic E-state index is 0. The van der Waals surface area contributed by atoms with Crippen LogP contribution in [0.1, 0.15) is 10.4 Å². The van der Waals surface area contributed by atoms with E-state index in [-0.39, 0.29) is 46.9 Å². The van der Waals surface area contributed by atoms with Crippen LogP contribution in [-0.2, 0) is 0 Å². The van der Waals surface area contributed by atoms with E-state index in [1.165, 1.54) is 18.2 Å². The van der Waals surface area contributed by atoms with Gasteiger partial charge >= 0.3 is 41.3 Å². The quantitative estimate of drug-likeness (QED) is 0.775. The second-order valence-electron chi connectivity index (χ2n) is 1.84. The maximum atomic E-state index is 12.3. The summed E-state index contributed by atoms with van der Waals surface area (Å²) in [5.74, 6) is -1.35. The number of amides is 1. The molecule has 2 nitrogen and oxygen atoms in total. The third kappa shape index (κ3) is 3.25. The van der Waals surface area contributed by atoms with E-state index in [9.17, 15) is 9.18 Å². The van der Waals surface area contributed by atoms with Crippen molar-refractivity contribution in [3.8, 4) is 0 Å². The first-order valence-electron chi connectivity index (χ1n) is 2.71. The Balaban J connectivity index is 0.000001000. The molecular formula is C7H5FNOPr+2. The predicted octanol–water partition coefficient (Wildman–Crippen LogP) is 2.02. The zero-order chi connectivity index (χ0) is 7.56. The summed E-state index contributed by atoms with van der Waals surface area (Å²) in [4.78, 5) is 10.3. The van der Waals surface area contributed by atoms with Gasteiger partial charge < -0.3 is 10.5 Å². The van der Waals surface area contributed by atoms with Crippen LogP contribution in [0.3, 0.4) is 0 Å². The van der Waals surface area contributed by atoms with Crippen molar-refractivity contribution in [1.82, 2.24) is 0 Å². The molecule has 0 aromatic heterocycles. The van der Waals surface area contributed by atoms with E-state index in [1.807, 2.05) is 0 Å². The third-order valence-corrected chi connectivity index (χ3v) is 1.09. The fourth-order valence-corrected chi connectivity index (χ4v) is 0.630. The largest absolute Gasteiger partial charge is 3.00 e. The van der Waals surface area contributed by atoms with E-state index in [4.69, 9.17) is 5.73 Å². The Bertz CT molecular complexity index is 264. The molecule has 1 rings (SSSR count). The Morgan fingerprint density at radius 1 is 1.45 bits per heavy atom. The van der Waals surface area contributed by atoms with Crippen LogP contribution < -0.4 is 0 Å². The summed E-state index contributed by atoms with van der Waals surface area (Å²) in [5, 5.41) is 0. The number of benzene rings is 1. The SMILES string of the molecule is [NH-]C(=O)c1cccc(F)c1.[Pr+3]. The Hall–Kier alpha value is -0.0164. The molecule has 1 aromatic rings. The van der Waals surface area contributed by atoms with E-state index >= 15 is 0 Å². The standard InChI is InChI=1S/C7H6FNO.Pr/c8-6-3-1-2-5(4-6)7(9)10;/h1-4H,(H2,9,10);/q;+3/p-1. The molecule has 0 aliphatic heterocycles. The first-order chi connectivity index (χ1) is 4.70. The molecule has 0 aliphatic rings. The van der Waals surface area contributed by atoms with Gasteiger partial charge in [-0.15, -0.1) is 0 Å². The van der Waals surface area contributed by atoms with Gasteiger partial charge in [0.1, 0.15) is 5.82 Å². The Kier molecular flexibility index (Phi) is 4.77. The Morgan fingerprint density at radius 2 is 2.09 bits per heavy atom. The van der Waals surface area contributed by atoms with Gasteiger partial charge in [-0.1, -0.05) is 12.1 Å². The van der Waals surface area contributed by atoms with Crippen molar-refractivity contribution >= 4 is 5.91 Å². The van der Waals surface area contributed by atoms with Gasteiger partial charge in [0.2, 0.25) is 0 Å². The van der Waals surface area contributed by atoms with Gasteiger partial charge in [0, 0.05) is 5.56 Å². The molecule has 0 unspecified atom stereocenters. The Morgan fingerprint density at radius 3 is 2.45 bits per heavy atom. The molecule has 0 saturated heterocycles. The van der Waals surface area contributed by atoms with E-state index in [0.29, 0.717) is 0 Å². The van der Waals surface area contributed by atoms with Crippen molar-refractivity contribution in [2.75, 3.05) is 0 Å². The number of rotatable bonds is 1. The van der Waals surface area contributed by atoms with Crippen LogP contribution >= 0.6 is 0 Å². The molecule has 0 aliphatic carbocycles. The van der Waals surface area contributed by atoms with Crippen LogP contribution in [-0.4, -0.2) is 5.91 Å². The number of hydrogen-bond donors (Lipinski definition) is 0. The molecule has 0 fully saturated rings. The van der Waals surface area contributed by atoms with E-state index in [1.54, 1.807) is 0 Å². The molecule has 0 spiro atoms. The minimum atomic E-state index is -0.862. The summed E-state index contributed by atoms with van der Waals surface area (Å²) >= 11 is 0.